The van der Waals surface area contributed by atoms with Crippen LogP contribution in [-0.4, -0.2) is 20.0 Å². The summed E-state index contributed by atoms with van der Waals surface area (Å²) in [6.45, 7) is 1.80. The van der Waals surface area contributed by atoms with E-state index in [1.165, 1.54) is 30.3 Å². The van der Waals surface area contributed by atoms with E-state index in [0.717, 1.165) is 18.0 Å². The van der Waals surface area contributed by atoms with E-state index < -0.39 is 21.7 Å². The SMILES string of the molecule is Cc1ccc(S(=O)(=O)Oc2ccc(Cl)c3c2C(=O)c2c[n+]([O-])ccc2C3=O)cc1. The van der Waals surface area contributed by atoms with Gasteiger partial charge < -0.3 is 9.39 Å². The molecular formula is C20H12ClNO6S. The van der Waals surface area contributed by atoms with E-state index in [9.17, 15) is 23.2 Å². The van der Waals surface area contributed by atoms with Crippen LogP contribution in [0.25, 0.3) is 0 Å². The largest absolute Gasteiger partial charge is 0.619 e. The fourth-order valence-electron chi connectivity index (χ4n) is 3.07. The molecule has 3 aromatic rings. The number of nitrogens with zero attached hydrogens (tertiary/aromatic N) is 1. The number of carbonyl (C=O) groups excluding carboxylic acids is 2. The second kappa shape index (κ2) is 6.68. The number of pyridine rings is 1. The van der Waals surface area contributed by atoms with Crippen molar-refractivity contribution in [1.82, 2.24) is 0 Å². The molecule has 0 amide bonds. The monoisotopic (exact) mass is 429 g/mol. The minimum absolute atomic E-state index is 0.00930. The van der Waals surface area contributed by atoms with Crippen molar-refractivity contribution < 1.29 is 26.9 Å². The van der Waals surface area contributed by atoms with Crippen LogP contribution >= 0.6 is 11.6 Å². The van der Waals surface area contributed by atoms with Crippen LogP contribution in [0.15, 0.2) is 59.8 Å². The van der Waals surface area contributed by atoms with Gasteiger partial charge in [0.05, 0.1) is 21.7 Å². The molecule has 0 saturated carbocycles. The predicted molar refractivity (Wildman–Crippen MR) is 103 cm³/mol. The Morgan fingerprint density at radius 3 is 2.28 bits per heavy atom. The van der Waals surface area contributed by atoms with E-state index in [1.54, 1.807) is 19.1 Å². The number of hydrogen-bond acceptors (Lipinski definition) is 6. The summed E-state index contributed by atoms with van der Waals surface area (Å²) in [6.07, 6.45) is 2.04. The maximum absolute atomic E-state index is 13.0. The van der Waals surface area contributed by atoms with E-state index in [-0.39, 0.29) is 37.9 Å². The first-order valence-corrected chi connectivity index (χ1v) is 10.1. The first-order chi connectivity index (χ1) is 13.7. The van der Waals surface area contributed by atoms with Gasteiger partial charge >= 0.3 is 10.1 Å². The minimum Gasteiger partial charge on any atom is -0.619 e. The maximum atomic E-state index is 13.0. The summed E-state index contributed by atoms with van der Waals surface area (Å²) < 4.78 is 30.9. The van der Waals surface area contributed by atoms with Gasteiger partial charge in [0, 0.05) is 11.6 Å². The van der Waals surface area contributed by atoms with E-state index >= 15 is 0 Å². The number of aromatic nitrogens is 1. The van der Waals surface area contributed by atoms with Gasteiger partial charge in [0.1, 0.15) is 4.90 Å². The molecule has 0 saturated heterocycles. The molecule has 0 spiro atoms. The third-order valence-electron chi connectivity index (χ3n) is 4.50. The van der Waals surface area contributed by atoms with Gasteiger partial charge in [-0.3, -0.25) is 9.59 Å². The first-order valence-electron chi connectivity index (χ1n) is 8.35. The lowest BCUT2D eigenvalue weighted by atomic mass is 9.84. The van der Waals surface area contributed by atoms with Crippen molar-refractivity contribution >= 4 is 33.3 Å². The highest BCUT2D eigenvalue weighted by molar-refractivity contribution is 7.87. The van der Waals surface area contributed by atoms with E-state index in [0.29, 0.717) is 4.73 Å². The van der Waals surface area contributed by atoms with Crippen molar-refractivity contribution in [2.45, 2.75) is 11.8 Å². The number of fused-ring (bicyclic) bond motifs is 2. The topological polar surface area (TPSA) is 104 Å². The fraction of sp³-hybridized carbons (Fsp3) is 0.0500. The smallest absolute Gasteiger partial charge is 0.339 e. The minimum atomic E-state index is -4.28. The Morgan fingerprint density at radius 2 is 1.59 bits per heavy atom. The molecule has 0 atom stereocenters. The van der Waals surface area contributed by atoms with Crippen LogP contribution in [-0.2, 0) is 10.1 Å². The quantitative estimate of drug-likeness (QED) is 0.282. The number of rotatable bonds is 3. The van der Waals surface area contributed by atoms with Crippen LogP contribution in [0.3, 0.4) is 0 Å². The molecule has 0 fully saturated rings. The van der Waals surface area contributed by atoms with Crippen LogP contribution < -0.4 is 8.91 Å². The maximum Gasteiger partial charge on any atom is 0.339 e. The molecule has 146 valence electrons. The normalized spacial score (nSPS) is 13.0. The number of ketones is 2. The number of carbonyl (C=O) groups is 2. The molecule has 1 aliphatic rings. The average molecular weight is 430 g/mol. The highest BCUT2D eigenvalue weighted by atomic mass is 35.5. The van der Waals surface area contributed by atoms with Gasteiger partial charge in [-0.25, -0.2) is 0 Å². The zero-order valence-corrected chi connectivity index (χ0v) is 16.5. The summed E-state index contributed by atoms with van der Waals surface area (Å²) >= 11 is 6.13. The molecule has 4 rings (SSSR count). The number of hydrogen-bond donors (Lipinski definition) is 0. The van der Waals surface area contributed by atoms with Crippen molar-refractivity contribution in [3.05, 3.63) is 92.9 Å². The second-order valence-electron chi connectivity index (χ2n) is 6.44. The van der Waals surface area contributed by atoms with Gasteiger partial charge in [0.15, 0.2) is 23.9 Å². The van der Waals surface area contributed by atoms with Crippen molar-refractivity contribution in [2.75, 3.05) is 0 Å². The average Bonchev–Trinajstić information content (AvgIpc) is 2.67. The highest BCUT2D eigenvalue weighted by Crippen LogP contribution is 2.37. The third kappa shape index (κ3) is 3.16. The van der Waals surface area contributed by atoms with Crippen molar-refractivity contribution in [3.8, 4) is 5.75 Å². The fourth-order valence-corrected chi connectivity index (χ4v) is 4.26. The first kappa shape index (κ1) is 19.1. The molecular weight excluding hydrogens is 418 g/mol. The summed E-state index contributed by atoms with van der Waals surface area (Å²) in [6, 6.07) is 9.66. The Kier molecular flexibility index (Phi) is 4.40. The second-order valence-corrected chi connectivity index (χ2v) is 8.39. The summed E-state index contributed by atoms with van der Waals surface area (Å²) in [5.41, 5.74) is 0.257. The van der Waals surface area contributed by atoms with Crippen molar-refractivity contribution in [2.24, 2.45) is 0 Å². The zero-order valence-electron chi connectivity index (χ0n) is 14.9. The highest BCUT2D eigenvalue weighted by Gasteiger charge is 2.37. The Balaban J connectivity index is 1.87. The van der Waals surface area contributed by atoms with E-state index in [4.69, 9.17) is 15.8 Å². The molecule has 0 bridgehead atoms. The molecule has 1 heterocycles. The molecule has 0 unspecified atom stereocenters. The van der Waals surface area contributed by atoms with Crippen molar-refractivity contribution in [1.29, 1.82) is 0 Å². The number of aryl methyl sites for hydroxylation is 1. The number of halogens is 1. The zero-order chi connectivity index (χ0) is 20.9. The molecule has 0 N–H and O–H groups in total. The lowest BCUT2D eigenvalue weighted by Gasteiger charge is -2.20. The lowest BCUT2D eigenvalue weighted by molar-refractivity contribution is -0.605. The summed E-state index contributed by atoms with van der Waals surface area (Å²) in [7, 11) is -4.28. The van der Waals surface area contributed by atoms with Gasteiger partial charge in [-0.1, -0.05) is 29.3 Å². The summed E-state index contributed by atoms with van der Waals surface area (Å²) in [4.78, 5) is 25.8. The Labute approximate surface area is 170 Å². The third-order valence-corrected chi connectivity index (χ3v) is 6.07. The van der Waals surface area contributed by atoms with Crippen LogP contribution in [0.1, 0.15) is 37.4 Å². The number of benzene rings is 2. The van der Waals surface area contributed by atoms with E-state index in [2.05, 4.69) is 0 Å². The van der Waals surface area contributed by atoms with Crippen LogP contribution in [0.2, 0.25) is 5.02 Å². The Morgan fingerprint density at radius 1 is 0.931 bits per heavy atom. The predicted octanol–water partition coefficient (Wildman–Crippen LogP) is 2.82. The Hall–Kier alpha value is -3.23. The molecule has 0 aliphatic heterocycles. The van der Waals surface area contributed by atoms with Gasteiger partial charge in [-0.2, -0.15) is 13.1 Å². The van der Waals surface area contributed by atoms with Crippen molar-refractivity contribution in [3.63, 3.8) is 0 Å². The molecule has 1 aliphatic carbocycles. The molecule has 9 heteroatoms. The standard InChI is InChI=1S/C20H12ClNO6S/c1-11-2-4-12(5-3-11)29(26,27)28-16-7-6-15(21)17-18(16)20(24)14-10-22(25)9-8-13(14)19(17)23/h2-10H,1H3. The molecule has 29 heavy (non-hydrogen) atoms. The van der Waals surface area contributed by atoms with Crippen LogP contribution in [0, 0.1) is 12.1 Å². The van der Waals surface area contributed by atoms with Gasteiger partial charge in [0.2, 0.25) is 5.78 Å². The van der Waals surface area contributed by atoms with E-state index in [1.807, 2.05) is 0 Å². The lowest BCUT2D eigenvalue weighted by Crippen LogP contribution is -2.31. The summed E-state index contributed by atoms with van der Waals surface area (Å²) in [5, 5.41) is 11.6. The van der Waals surface area contributed by atoms with Gasteiger partial charge in [-0.15, -0.1) is 0 Å². The summed E-state index contributed by atoms with van der Waals surface area (Å²) in [5.74, 6) is -1.66. The van der Waals surface area contributed by atoms with Gasteiger partial charge in [-0.05, 0) is 31.2 Å². The van der Waals surface area contributed by atoms with Crippen LogP contribution in [0.5, 0.6) is 5.75 Å². The van der Waals surface area contributed by atoms with Gasteiger partial charge in [0.25, 0.3) is 0 Å². The molecule has 7 nitrogen and oxygen atoms in total. The Bertz CT molecular complexity index is 1300. The molecule has 1 aromatic heterocycles. The van der Waals surface area contributed by atoms with Crippen LogP contribution in [0.4, 0.5) is 0 Å². The molecule has 0 radical (unpaired) electrons. The molecule has 2 aromatic carbocycles.